The first kappa shape index (κ1) is 21.8. The molecule has 2 N–H and O–H groups in total. The summed E-state index contributed by atoms with van der Waals surface area (Å²) in [6, 6.07) is 21.6. The number of thioether (sulfide) groups is 1. The molecule has 33 heavy (non-hydrogen) atoms. The van der Waals surface area contributed by atoms with Crippen LogP contribution in [0.3, 0.4) is 0 Å². The molecular formula is C24H19IN4O3S. The molecule has 0 radical (unpaired) electrons. The van der Waals surface area contributed by atoms with E-state index >= 15 is 0 Å². The van der Waals surface area contributed by atoms with Crippen molar-refractivity contribution in [2.24, 2.45) is 0 Å². The standard InChI is InChI=1S/C24H19IN4O3S/c1-31-19-12-15(11-17(25)21(19)30)22-26-18-10-6-5-9-16(18)20-23(32-22)27-24(29-28-20)33-13-14-7-3-2-4-8-14/h2-12,22,26,30H,13H2,1H3/t22-/m1/s1. The molecule has 3 aromatic carbocycles. The van der Waals surface area contributed by atoms with E-state index in [1.165, 1.54) is 24.4 Å². The van der Waals surface area contributed by atoms with Gasteiger partial charge in [0.2, 0.25) is 11.0 Å². The van der Waals surface area contributed by atoms with Gasteiger partial charge in [0.05, 0.1) is 10.7 Å². The number of anilines is 1. The Hall–Kier alpha value is -3.05. The van der Waals surface area contributed by atoms with E-state index in [2.05, 4.69) is 50.2 Å². The fourth-order valence-corrected chi connectivity index (χ4v) is 4.84. The second-order valence-corrected chi connectivity index (χ2v) is 9.37. The minimum atomic E-state index is -0.570. The third-order valence-corrected chi connectivity index (χ3v) is 6.85. The van der Waals surface area contributed by atoms with Crippen LogP contribution < -0.4 is 14.8 Å². The average Bonchev–Trinajstić information content (AvgIpc) is 3.01. The monoisotopic (exact) mass is 570 g/mol. The number of nitrogens with zero attached hydrogens (tertiary/aromatic N) is 3. The molecule has 1 atom stereocenters. The highest BCUT2D eigenvalue weighted by Gasteiger charge is 2.27. The molecule has 166 valence electrons. The van der Waals surface area contributed by atoms with Crippen molar-refractivity contribution in [1.82, 2.24) is 15.2 Å². The van der Waals surface area contributed by atoms with E-state index in [1.807, 2.05) is 48.5 Å². The van der Waals surface area contributed by atoms with E-state index in [0.29, 0.717) is 26.1 Å². The van der Waals surface area contributed by atoms with Crippen molar-refractivity contribution in [2.75, 3.05) is 12.4 Å². The molecule has 0 amide bonds. The Balaban J connectivity index is 1.52. The number of aromatic nitrogens is 3. The summed E-state index contributed by atoms with van der Waals surface area (Å²) in [6.45, 7) is 0. The van der Waals surface area contributed by atoms with Crippen LogP contribution in [0.25, 0.3) is 11.3 Å². The summed E-state index contributed by atoms with van der Waals surface area (Å²) in [7, 11) is 1.52. The van der Waals surface area contributed by atoms with E-state index in [0.717, 1.165) is 22.6 Å². The van der Waals surface area contributed by atoms with Crippen LogP contribution in [0.2, 0.25) is 0 Å². The topological polar surface area (TPSA) is 89.4 Å². The van der Waals surface area contributed by atoms with Crippen molar-refractivity contribution in [3.8, 4) is 28.6 Å². The zero-order valence-corrected chi connectivity index (χ0v) is 20.5. The highest BCUT2D eigenvalue weighted by Crippen LogP contribution is 2.41. The van der Waals surface area contributed by atoms with Crippen molar-refractivity contribution < 1.29 is 14.6 Å². The number of phenolic OH excluding ortho intramolecular Hbond substituents is 1. The molecule has 1 aliphatic heterocycles. The van der Waals surface area contributed by atoms with E-state index in [1.54, 1.807) is 6.07 Å². The summed E-state index contributed by atoms with van der Waals surface area (Å²) in [5.41, 5.74) is 4.25. The number of rotatable bonds is 5. The predicted octanol–water partition coefficient (Wildman–Crippen LogP) is 5.65. The van der Waals surface area contributed by atoms with Crippen LogP contribution in [0, 0.1) is 3.57 Å². The van der Waals surface area contributed by atoms with Crippen molar-refractivity contribution in [3.63, 3.8) is 0 Å². The summed E-state index contributed by atoms with van der Waals surface area (Å²) in [5, 5.41) is 23.0. The van der Waals surface area contributed by atoms with E-state index in [4.69, 9.17) is 14.5 Å². The lowest BCUT2D eigenvalue weighted by molar-refractivity contribution is 0.224. The fourth-order valence-electron chi connectivity index (χ4n) is 3.48. The number of phenols is 1. The molecule has 0 aliphatic carbocycles. The van der Waals surface area contributed by atoms with Crippen LogP contribution in [0.5, 0.6) is 17.4 Å². The normalized spacial score (nSPS) is 14.3. The van der Waals surface area contributed by atoms with Crippen LogP contribution in [0.4, 0.5) is 5.69 Å². The molecule has 7 nitrogen and oxygen atoms in total. The van der Waals surface area contributed by atoms with E-state index in [9.17, 15) is 5.11 Å². The maximum Gasteiger partial charge on any atom is 0.247 e. The number of halogens is 1. The van der Waals surface area contributed by atoms with E-state index in [-0.39, 0.29) is 5.75 Å². The lowest BCUT2D eigenvalue weighted by Crippen LogP contribution is -2.17. The van der Waals surface area contributed by atoms with E-state index < -0.39 is 6.23 Å². The van der Waals surface area contributed by atoms with Gasteiger partial charge in [0.25, 0.3) is 0 Å². The molecule has 0 spiro atoms. The van der Waals surface area contributed by atoms with Gasteiger partial charge in [0.15, 0.2) is 23.4 Å². The Morgan fingerprint density at radius 1 is 1.09 bits per heavy atom. The lowest BCUT2D eigenvalue weighted by atomic mass is 10.1. The van der Waals surface area contributed by atoms with Gasteiger partial charge in [0, 0.05) is 22.6 Å². The Morgan fingerprint density at radius 3 is 2.70 bits per heavy atom. The molecular weight excluding hydrogens is 551 g/mol. The van der Waals surface area contributed by atoms with Crippen molar-refractivity contribution in [2.45, 2.75) is 17.1 Å². The third-order valence-electron chi connectivity index (χ3n) is 5.12. The fraction of sp³-hybridized carbons (Fsp3) is 0.125. The molecule has 0 saturated carbocycles. The van der Waals surface area contributed by atoms with Gasteiger partial charge >= 0.3 is 0 Å². The van der Waals surface area contributed by atoms with Gasteiger partial charge in [-0.1, -0.05) is 60.3 Å². The van der Waals surface area contributed by atoms with Crippen LogP contribution >= 0.6 is 34.4 Å². The van der Waals surface area contributed by atoms with Crippen molar-refractivity contribution in [3.05, 3.63) is 81.4 Å². The van der Waals surface area contributed by atoms with Crippen LogP contribution in [-0.2, 0) is 5.75 Å². The van der Waals surface area contributed by atoms with Gasteiger partial charge in [-0.3, -0.25) is 0 Å². The Labute approximate surface area is 208 Å². The van der Waals surface area contributed by atoms with Gasteiger partial charge in [0.1, 0.15) is 0 Å². The summed E-state index contributed by atoms with van der Waals surface area (Å²) < 4.78 is 12.3. The Bertz CT molecular complexity index is 1310. The molecule has 1 aromatic heterocycles. The highest BCUT2D eigenvalue weighted by molar-refractivity contribution is 14.1. The van der Waals surface area contributed by atoms with Crippen molar-refractivity contribution >= 4 is 40.0 Å². The SMILES string of the molecule is COc1cc([C@@H]2Nc3ccccc3-c3nnc(SCc4ccccc4)nc3O2)cc(I)c1O. The number of fused-ring (bicyclic) bond motifs is 3. The first-order chi connectivity index (χ1) is 16.1. The second-order valence-electron chi connectivity index (χ2n) is 7.26. The first-order valence-corrected chi connectivity index (χ1v) is 12.2. The number of para-hydroxylation sites is 1. The van der Waals surface area contributed by atoms with Gasteiger partial charge in [-0.25, -0.2) is 0 Å². The van der Waals surface area contributed by atoms with Crippen LogP contribution in [0.15, 0.2) is 71.9 Å². The smallest absolute Gasteiger partial charge is 0.247 e. The van der Waals surface area contributed by atoms with Gasteiger partial charge in [-0.2, -0.15) is 4.98 Å². The number of hydrogen-bond acceptors (Lipinski definition) is 8. The molecule has 2 heterocycles. The minimum absolute atomic E-state index is 0.0971. The third kappa shape index (κ3) is 4.55. The number of ether oxygens (including phenoxy) is 2. The number of methoxy groups -OCH3 is 1. The van der Waals surface area contributed by atoms with Crippen molar-refractivity contribution in [1.29, 1.82) is 0 Å². The lowest BCUT2D eigenvalue weighted by Gasteiger charge is -2.20. The van der Waals surface area contributed by atoms with Gasteiger partial charge in [-0.05, 0) is 46.4 Å². The molecule has 1 aliphatic rings. The number of hydrogen-bond donors (Lipinski definition) is 2. The summed E-state index contributed by atoms with van der Waals surface area (Å²) in [6.07, 6.45) is -0.570. The Kier molecular flexibility index (Phi) is 6.23. The average molecular weight is 570 g/mol. The first-order valence-electron chi connectivity index (χ1n) is 10.1. The zero-order valence-electron chi connectivity index (χ0n) is 17.5. The number of aromatic hydroxyl groups is 1. The molecule has 5 rings (SSSR count). The summed E-state index contributed by atoms with van der Waals surface area (Å²) in [5.74, 6) is 1.59. The number of nitrogens with one attached hydrogen (secondary N) is 1. The molecule has 0 unspecified atom stereocenters. The largest absolute Gasteiger partial charge is 0.504 e. The summed E-state index contributed by atoms with van der Waals surface area (Å²) >= 11 is 3.57. The highest BCUT2D eigenvalue weighted by atomic mass is 127. The summed E-state index contributed by atoms with van der Waals surface area (Å²) in [4.78, 5) is 4.69. The molecule has 0 saturated heterocycles. The molecule has 9 heteroatoms. The maximum absolute atomic E-state index is 10.3. The van der Waals surface area contributed by atoms with Crippen LogP contribution in [-0.4, -0.2) is 27.4 Å². The minimum Gasteiger partial charge on any atom is -0.504 e. The second kappa shape index (κ2) is 9.44. The molecule has 0 fully saturated rings. The maximum atomic E-state index is 10.3. The molecule has 0 bridgehead atoms. The van der Waals surface area contributed by atoms with Gasteiger partial charge in [-0.15, -0.1) is 10.2 Å². The Morgan fingerprint density at radius 2 is 1.88 bits per heavy atom. The zero-order chi connectivity index (χ0) is 22.8. The predicted molar refractivity (Wildman–Crippen MR) is 136 cm³/mol. The molecule has 4 aromatic rings. The number of benzene rings is 3. The van der Waals surface area contributed by atoms with Gasteiger partial charge < -0.3 is 19.9 Å². The quantitative estimate of drug-likeness (QED) is 0.235. The van der Waals surface area contributed by atoms with Crippen LogP contribution in [0.1, 0.15) is 17.4 Å².